The van der Waals surface area contributed by atoms with Gasteiger partial charge in [-0.2, -0.15) is 0 Å². The Kier molecular flexibility index (Phi) is 7.48. The number of carbonyl (C=O) groups is 2. The first-order valence-corrected chi connectivity index (χ1v) is 11.6. The minimum Gasteiger partial charge on any atom is -0.333 e. The maximum atomic E-state index is 13.4. The van der Waals surface area contributed by atoms with E-state index in [9.17, 15) is 9.59 Å². The fourth-order valence-electron chi connectivity index (χ4n) is 4.14. The Bertz CT molecular complexity index is 845. The Morgan fingerprint density at radius 1 is 1.14 bits per heavy atom. The average Bonchev–Trinajstić information content (AvgIpc) is 3.21. The molecular weight excluding hydrogens is 380 g/mol. The third kappa shape index (κ3) is 4.89. The van der Waals surface area contributed by atoms with Crippen LogP contribution in [0.15, 0.2) is 35.7 Å². The number of thiophene rings is 1. The van der Waals surface area contributed by atoms with Gasteiger partial charge in [0.05, 0.1) is 12.6 Å². The number of nitrogens with zero attached hydrogens (tertiary/aromatic N) is 2. The van der Waals surface area contributed by atoms with E-state index < -0.39 is 0 Å². The van der Waals surface area contributed by atoms with E-state index in [-0.39, 0.29) is 24.4 Å². The second-order valence-corrected chi connectivity index (χ2v) is 8.77. The van der Waals surface area contributed by atoms with Crippen LogP contribution in [0.2, 0.25) is 0 Å². The van der Waals surface area contributed by atoms with Crippen LogP contribution >= 0.6 is 11.3 Å². The molecule has 0 spiro atoms. The number of benzene rings is 1. The van der Waals surface area contributed by atoms with Crippen molar-refractivity contribution in [2.24, 2.45) is 0 Å². The van der Waals surface area contributed by atoms with Gasteiger partial charge in [0.15, 0.2) is 0 Å². The monoisotopic (exact) mass is 412 g/mol. The van der Waals surface area contributed by atoms with Crippen LogP contribution in [-0.2, 0) is 16.0 Å². The molecule has 0 unspecified atom stereocenters. The number of rotatable bonds is 8. The number of aryl methyl sites for hydroxylation is 1. The predicted molar refractivity (Wildman–Crippen MR) is 119 cm³/mol. The lowest BCUT2D eigenvalue weighted by atomic mass is 9.90. The molecule has 1 aliphatic heterocycles. The first-order chi connectivity index (χ1) is 14.1. The molecule has 0 fully saturated rings. The SMILES string of the molecule is CCCCCN(CC(=O)N1CCc2sccc2[C@H]1c1ccccc1C)C(=O)CC. The number of amides is 2. The summed E-state index contributed by atoms with van der Waals surface area (Å²) in [4.78, 5) is 31.0. The second kappa shape index (κ2) is 10.1. The van der Waals surface area contributed by atoms with E-state index in [1.54, 1.807) is 16.2 Å². The first kappa shape index (κ1) is 21.6. The van der Waals surface area contributed by atoms with Crippen molar-refractivity contribution in [3.63, 3.8) is 0 Å². The van der Waals surface area contributed by atoms with Gasteiger partial charge in [-0.25, -0.2) is 0 Å². The maximum absolute atomic E-state index is 13.4. The highest BCUT2D eigenvalue weighted by molar-refractivity contribution is 7.10. The smallest absolute Gasteiger partial charge is 0.242 e. The summed E-state index contributed by atoms with van der Waals surface area (Å²) >= 11 is 1.78. The fourth-order valence-corrected chi connectivity index (χ4v) is 5.04. The number of hydrogen-bond acceptors (Lipinski definition) is 3. The molecule has 1 aromatic heterocycles. The lowest BCUT2D eigenvalue weighted by Crippen LogP contribution is -2.47. The van der Waals surface area contributed by atoms with Gasteiger partial charge >= 0.3 is 0 Å². The standard InChI is InChI=1S/C24H32N2O2S/c1-4-6-9-14-25(22(27)5-2)17-23(28)26-15-12-21-20(13-16-29-21)24(26)19-11-8-7-10-18(19)3/h7-8,10-11,13,16,24H,4-6,9,12,14-15,17H2,1-3H3/t24-/m1/s1. The van der Waals surface area contributed by atoms with Gasteiger partial charge in [-0.3, -0.25) is 9.59 Å². The number of carbonyl (C=O) groups excluding carboxylic acids is 2. The normalized spacial score (nSPS) is 15.8. The predicted octanol–water partition coefficient (Wildman–Crippen LogP) is 4.96. The van der Waals surface area contributed by atoms with Crippen LogP contribution in [0, 0.1) is 6.92 Å². The molecule has 5 heteroatoms. The molecule has 1 atom stereocenters. The fraction of sp³-hybridized carbons (Fsp3) is 0.500. The van der Waals surface area contributed by atoms with E-state index in [0.29, 0.717) is 19.5 Å². The molecule has 0 saturated carbocycles. The van der Waals surface area contributed by atoms with Crippen LogP contribution in [0.25, 0.3) is 0 Å². The summed E-state index contributed by atoms with van der Waals surface area (Å²) < 4.78 is 0. The topological polar surface area (TPSA) is 40.6 Å². The molecule has 2 heterocycles. The molecule has 2 amide bonds. The molecule has 0 N–H and O–H groups in total. The lowest BCUT2D eigenvalue weighted by Gasteiger charge is -2.38. The van der Waals surface area contributed by atoms with Crippen LogP contribution in [0.5, 0.6) is 0 Å². The molecule has 29 heavy (non-hydrogen) atoms. The van der Waals surface area contributed by atoms with Crippen molar-refractivity contribution in [2.45, 2.75) is 58.9 Å². The highest BCUT2D eigenvalue weighted by Crippen LogP contribution is 2.38. The van der Waals surface area contributed by atoms with Crippen molar-refractivity contribution < 1.29 is 9.59 Å². The Hall–Kier alpha value is -2.14. The molecule has 4 nitrogen and oxygen atoms in total. The average molecular weight is 413 g/mol. The van der Waals surface area contributed by atoms with Crippen LogP contribution in [0.4, 0.5) is 0 Å². The minimum absolute atomic E-state index is 0.0494. The summed E-state index contributed by atoms with van der Waals surface area (Å²) in [6.07, 6.45) is 4.46. The third-order valence-corrected chi connectivity index (χ3v) is 6.78. The summed E-state index contributed by atoms with van der Waals surface area (Å²) in [6, 6.07) is 10.4. The second-order valence-electron chi connectivity index (χ2n) is 7.77. The Morgan fingerprint density at radius 3 is 2.66 bits per heavy atom. The number of hydrogen-bond donors (Lipinski definition) is 0. The molecule has 0 saturated heterocycles. The lowest BCUT2D eigenvalue weighted by molar-refractivity contribution is -0.141. The molecule has 0 radical (unpaired) electrons. The Morgan fingerprint density at radius 2 is 1.93 bits per heavy atom. The highest BCUT2D eigenvalue weighted by atomic mass is 32.1. The van der Waals surface area contributed by atoms with Gasteiger partial charge in [-0.05, 0) is 47.9 Å². The van der Waals surface area contributed by atoms with Crippen LogP contribution < -0.4 is 0 Å². The van der Waals surface area contributed by atoms with Crippen molar-refractivity contribution in [1.29, 1.82) is 0 Å². The summed E-state index contributed by atoms with van der Waals surface area (Å²) in [7, 11) is 0. The number of fused-ring (bicyclic) bond motifs is 1. The molecule has 2 aromatic rings. The molecular formula is C24H32N2O2S. The maximum Gasteiger partial charge on any atom is 0.242 e. The quantitative estimate of drug-likeness (QED) is 0.575. The molecule has 1 aliphatic rings. The molecule has 156 valence electrons. The highest BCUT2D eigenvalue weighted by Gasteiger charge is 2.34. The summed E-state index contributed by atoms with van der Waals surface area (Å²) in [6.45, 7) is 7.67. The largest absolute Gasteiger partial charge is 0.333 e. The zero-order valence-corrected chi connectivity index (χ0v) is 18.6. The van der Waals surface area contributed by atoms with Crippen LogP contribution in [0.3, 0.4) is 0 Å². The van der Waals surface area contributed by atoms with Crippen LogP contribution in [-0.4, -0.2) is 41.2 Å². The van der Waals surface area contributed by atoms with Crippen molar-refractivity contribution in [3.8, 4) is 0 Å². The molecule has 0 aliphatic carbocycles. The van der Waals surface area contributed by atoms with Gasteiger partial charge in [0.2, 0.25) is 11.8 Å². The van der Waals surface area contributed by atoms with E-state index in [1.165, 1.54) is 21.6 Å². The van der Waals surface area contributed by atoms with Gasteiger partial charge < -0.3 is 9.80 Å². The molecule has 0 bridgehead atoms. The van der Waals surface area contributed by atoms with E-state index in [0.717, 1.165) is 25.7 Å². The van der Waals surface area contributed by atoms with Gasteiger partial charge in [0, 0.05) is 24.4 Å². The summed E-state index contributed by atoms with van der Waals surface area (Å²) in [5.74, 6) is 0.114. The summed E-state index contributed by atoms with van der Waals surface area (Å²) in [5, 5.41) is 2.13. The van der Waals surface area contributed by atoms with Crippen molar-refractivity contribution >= 4 is 23.2 Å². The third-order valence-electron chi connectivity index (χ3n) is 5.78. The van der Waals surface area contributed by atoms with E-state index in [4.69, 9.17) is 0 Å². The van der Waals surface area contributed by atoms with Crippen molar-refractivity contribution in [2.75, 3.05) is 19.6 Å². The zero-order chi connectivity index (χ0) is 20.8. The summed E-state index contributed by atoms with van der Waals surface area (Å²) in [5.41, 5.74) is 3.61. The Balaban J connectivity index is 1.86. The van der Waals surface area contributed by atoms with Gasteiger partial charge in [-0.1, -0.05) is 51.0 Å². The molecule has 3 rings (SSSR count). The Labute approximate surface area is 178 Å². The first-order valence-electron chi connectivity index (χ1n) is 10.8. The van der Waals surface area contributed by atoms with Crippen molar-refractivity contribution in [1.82, 2.24) is 9.80 Å². The minimum atomic E-state index is -0.0621. The number of unbranched alkanes of at least 4 members (excludes halogenated alkanes) is 2. The van der Waals surface area contributed by atoms with E-state index >= 15 is 0 Å². The van der Waals surface area contributed by atoms with E-state index in [2.05, 4.69) is 37.4 Å². The van der Waals surface area contributed by atoms with Gasteiger partial charge in [0.25, 0.3) is 0 Å². The molecule has 1 aromatic carbocycles. The van der Waals surface area contributed by atoms with Crippen molar-refractivity contribution in [3.05, 3.63) is 57.3 Å². The van der Waals surface area contributed by atoms with Crippen LogP contribution in [0.1, 0.15) is 67.1 Å². The van der Waals surface area contributed by atoms with Gasteiger partial charge in [0.1, 0.15) is 0 Å². The van der Waals surface area contributed by atoms with E-state index in [1.807, 2.05) is 24.0 Å². The zero-order valence-electron chi connectivity index (χ0n) is 17.8. The van der Waals surface area contributed by atoms with Gasteiger partial charge in [-0.15, -0.1) is 11.3 Å².